The number of nitrogens with zero attached hydrogens (tertiary/aromatic N) is 3. The monoisotopic (exact) mass is 255 g/mol. The fourth-order valence-electron chi connectivity index (χ4n) is 1.23. The van der Waals surface area contributed by atoms with E-state index in [9.17, 15) is 5.11 Å². The van der Waals surface area contributed by atoms with Crippen LogP contribution < -0.4 is 0 Å². The van der Waals surface area contributed by atoms with Crippen molar-refractivity contribution in [3.63, 3.8) is 0 Å². The van der Waals surface area contributed by atoms with Crippen molar-refractivity contribution in [2.24, 2.45) is 12.2 Å². The van der Waals surface area contributed by atoms with Crippen molar-refractivity contribution in [1.29, 1.82) is 0 Å². The zero-order chi connectivity index (χ0) is 13.5. The number of aryl methyl sites for hydroxylation is 1. The Kier molecular flexibility index (Phi) is 5.80. The first-order chi connectivity index (χ1) is 8.49. The molecular weight excluding hydrogens is 234 g/mol. The summed E-state index contributed by atoms with van der Waals surface area (Å²) in [5.41, 5.74) is 1.62. The molecule has 0 aliphatic rings. The van der Waals surface area contributed by atoms with Crippen molar-refractivity contribution >= 4 is 5.71 Å². The maximum Gasteiger partial charge on any atom is 0.145 e. The zero-order valence-electron chi connectivity index (χ0n) is 11.3. The molecule has 1 unspecified atom stereocenters. The van der Waals surface area contributed by atoms with Gasteiger partial charge in [0, 0.05) is 18.8 Å². The number of aliphatic hydroxyl groups is 1. The van der Waals surface area contributed by atoms with Crippen LogP contribution in [0.15, 0.2) is 17.5 Å². The zero-order valence-corrected chi connectivity index (χ0v) is 11.3. The number of rotatable bonds is 7. The van der Waals surface area contributed by atoms with Crippen LogP contribution in [0.2, 0.25) is 0 Å². The van der Waals surface area contributed by atoms with Gasteiger partial charge in [-0.05, 0) is 20.8 Å². The van der Waals surface area contributed by atoms with Gasteiger partial charge < -0.3 is 14.7 Å². The number of ether oxygens (including phenoxy) is 1. The van der Waals surface area contributed by atoms with Crippen LogP contribution in [0.4, 0.5) is 0 Å². The molecule has 0 amide bonds. The van der Waals surface area contributed by atoms with Gasteiger partial charge in [0.15, 0.2) is 0 Å². The van der Waals surface area contributed by atoms with Crippen molar-refractivity contribution in [2.75, 3.05) is 13.2 Å². The van der Waals surface area contributed by atoms with E-state index in [2.05, 4.69) is 10.3 Å². The van der Waals surface area contributed by atoms with E-state index < -0.39 is 6.10 Å². The maximum absolute atomic E-state index is 9.55. The highest BCUT2D eigenvalue weighted by Gasteiger charge is 2.07. The summed E-state index contributed by atoms with van der Waals surface area (Å²) in [7, 11) is 1.84. The Bertz CT molecular complexity index is 388. The molecule has 0 saturated carbocycles. The molecule has 0 aliphatic carbocycles. The van der Waals surface area contributed by atoms with Crippen molar-refractivity contribution < 1.29 is 14.7 Å². The second kappa shape index (κ2) is 7.13. The molecule has 18 heavy (non-hydrogen) atoms. The molecule has 1 atom stereocenters. The van der Waals surface area contributed by atoms with E-state index in [1.807, 2.05) is 34.0 Å². The summed E-state index contributed by atoms with van der Waals surface area (Å²) in [4.78, 5) is 5.07. The van der Waals surface area contributed by atoms with Crippen molar-refractivity contribution in [3.05, 3.63) is 18.0 Å². The number of hydrogen-bond acceptors (Lipinski definition) is 5. The normalized spacial score (nSPS) is 14.0. The van der Waals surface area contributed by atoms with E-state index in [1.165, 1.54) is 0 Å². The van der Waals surface area contributed by atoms with Gasteiger partial charge in [-0.3, -0.25) is 4.68 Å². The van der Waals surface area contributed by atoms with Crippen LogP contribution in [-0.4, -0.2) is 46.0 Å². The predicted octanol–water partition coefficient (Wildman–Crippen LogP) is 0.947. The Morgan fingerprint density at radius 2 is 2.22 bits per heavy atom. The molecular formula is C12H21N3O3. The SMILES string of the molecule is CC(=NOCC(O)COC(C)C)c1cnn(C)c1. The highest BCUT2D eigenvalue weighted by molar-refractivity contribution is 5.97. The topological polar surface area (TPSA) is 68.9 Å². The third kappa shape index (κ3) is 5.29. The molecule has 0 fully saturated rings. The van der Waals surface area contributed by atoms with Crippen LogP contribution in [0, 0.1) is 0 Å². The second-order valence-electron chi connectivity index (χ2n) is 4.41. The summed E-state index contributed by atoms with van der Waals surface area (Å²) in [5.74, 6) is 0. The van der Waals surface area contributed by atoms with E-state index >= 15 is 0 Å². The van der Waals surface area contributed by atoms with Gasteiger partial charge in [-0.25, -0.2) is 0 Å². The molecule has 1 heterocycles. The van der Waals surface area contributed by atoms with Gasteiger partial charge in [0.05, 0.1) is 24.6 Å². The molecule has 102 valence electrons. The average Bonchev–Trinajstić information content (AvgIpc) is 2.73. The van der Waals surface area contributed by atoms with Gasteiger partial charge in [0.25, 0.3) is 0 Å². The second-order valence-corrected chi connectivity index (χ2v) is 4.41. The Morgan fingerprint density at radius 3 is 2.78 bits per heavy atom. The summed E-state index contributed by atoms with van der Waals surface area (Å²) < 4.78 is 6.95. The summed E-state index contributed by atoms with van der Waals surface area (Å²) in [6, 6.07) is 0. The first-order valence-electron chi connectivity index (χ1n) is 5.94. The number of aromatic nitrogens is 2. The minimum absolute atomic E-state index is 0.0975. The predicted molar refractivity (Wildman–Crippen MR) is 68.5 cm³/mol. The van der Waals surface area contributed by atoms with Gasteiger partial charge in [-0.2, -0.15) is 5.10 Å². The number of aliphatic hydroxyl groups excluding tert-OH is 1. The number of hydrogen-bond donors (Lipinski definition) is 1. The maximum atomic E-state index is 9.55. The highest BCUT2D eigenvalue weighted by Crippen LogP contribution is 2.00. The molecule has 1 N–H and O–H groups in total. The lowest BCUT2D eigenvalue weighted by Crippen LogP contribution is -2.23. The van der Waals surface area contributed by atoms with Gasteiger partial charge in [-0.1, -0.05) is 5.16 Å². The van der Waals surface area contributed by atoms with Crippen molar-refractivity contribution in [2.45, 2.75) is 33.0 Å². The molecule has 6 nitrogen and oxygen atoms in total. The van der Waals surface area contributed by atoms with Crippen LogP contribution in [0.25, 0.3) is 0 Å². The molecule has 0 saturated heterocycles. The van der Waals surface area contributed by atoms with Gasteiger partial charge in [0.2, 0.25) is 0 Å². The number of oxime groups is 1. The average molecular weight is 255 g/mol. The smallest absolute Gasteiger partial charge is 0.145 e. The first-order valence-corrected chi connectivity index (χ1v) is 5.94. The fraction of sp³-hybridized carbons (Fsp3) is 0.667. The van der Waals surface area contributed by atoms with Crippen LogP contribution in [0.5, 0.6) is 0 Å². The molecule has 0 aromatic carbocycles. The highest BCUT2D eigenvalue weighted by atomic mass is 16.6. The molecule has 1 aromatic heterocycles. The molecule has 0 radical (unpaired) electrons. The Morgan fingerprint density at radius 1 is 1.50 bits per heavy atom. The minimum atomic E-state index is -0.669. The molecule has 1 aromatic rings. The summed E-state index contributed by atoms with van der Waals surface area (Å²) in [6.45, 7) is 6.02. The van der Waals surface area contributed by atoms with Crippen LogP contribution in [0.1, 0.15) is 26.3 Å². The standard InChI is InChI=1S/C12H21N3O3/c1-9(2)17-7-12(16)8-18-14-10(3)11-5-13-15(4)6-11/h5-6,9,12,16H,7-8H2,1-4H3. The molecule has 1 rings (SSSR count). The quantitative estimate of drug-likeness (QED) is 0.581. The molecule has 0 spiro atoms. The van der Waals surface area contributed by atoms with Crippen LogP contribution >= 0.6 is 0 Å². The lowest BCUT2D eigenvalue weighted by molar-refractivity contribution is -0.0346. The Hall–Kier alpha value is -1.40. The van der Waals surface area contributed by atoms with Crippen molar-refractivity contribution in [3.8, 4) is 0 Å². The van der Waals surface area contributed by atoms with Crippen LogP contribution in [0.3, 0.4) is 0 Å². The van der Waals surface area contributed by atoms with Crippen LogP contribution in [-0.2, 0) is 16.6 Å². The Labute approximate surface area is 107 Å². The summed E-state index contributed by atoms with van der Waals surface area (Å²) >= 11 is 0. The molecule has 0 aliphatic heterocycles. The summed E-state index contributed by atoms with van der Waals surface area (Å²) in [5, 5.41) is 17.5. The van der Waals surface area contributed by atoms with E-state index in [0.29, 0.717) is 0 Å². The third-order valence-corrected chi connectivity index (χ3v) is 2.21. The van der Waals surface area contributed by atoms with Gasteiger partial charge in [0.1, 0.15) is 12.7 Å². The Balaban J connectivity index is 2.31. The van der Waals surface area contributed by atoms with E-state index in [-0.39, 0.29) is 19.3 Å². The van der Waals surface area contributed by atoms with Crippen molar-refractivity contribution in [1.82, 2.24) is 9.78 Å². The first kappa shape index (κ1) is 14.7. The molecule has 6 heteroatoms. The van der Waals surface area contributed by atoms with E-state index in [1.54, 1.807) is 10.9 Å². The molecule has 0 bridgehead atoms. The summed E-state index contributed by atoms with van der Waals surface area (Å²) in [6.07, 6.45) is 2.99. The fourth-order valence-corrected chi connectivity index (χ4v) is 1.23. The third-order valence-electron chi connectivity index (χ3n) is 2.21. The lowest BCUT2D eigenvalue weighted by atomic mass is 10.2. The minimum Gasteiger partial charge on any atom is -0.393 e. The largest absolute Gasteiger partial charge is 0.393 e. The van der Waals surface area contributed by atoms with Gasteiger partial charge >= 0.3 is 0 Å². The van der Waals surface area contributed by atoms with Gasteiger partial charge in [-0.15, -0.1) is 0 Å². The van der Waals surface area contributed by atoms with E-state index in [4.69, 9.17) is 9.57 Å². The van der Waals surface area contributed by atoms with E-state index in [0.717, 1.165) is 11.3 Å². The lowest BCUT2D eigenvalue weighted by Gasteiger charge is -2.12.